The minimum atomic E-state index is -0.662. The molecular formula is C13H16N4O. The Balaban J connectivity index is 2.11. The van der Waals surface area contributed by atoms with Crippen LogP contribution in [0.5, 0.6) is 0 Å². The van der Waals surface area contributed by atoms with Crippen molar-refractivity contribution in [3.63, 3.8) is 0 Å². The quantitative estimate of drug-likeness (QED) is 0.475. The maximum atomic E-state index is 10.5. The molecule has 0 aliphatic carbocycles. The number of anilines is 1. The molecule has 0 unspecified atom stereocenters. The monoisotopic (exact) mass is 244 g/mol. The summed E-state index contributed by atoms with van der Waals surface area (Å²) in [5, 5.41) is 3.74. The number of nitrogens with one attached hydrogen (secondary N) is 1. The molecule has 0 fully saturated rings. The lowest BCUT2D eigenvalue weighted by atomic mass is 10.1. The lowest BCUT2D eigenvalue weighted by Gasteiger charge is -2.16. The first-order chi connectivity index (χ1) is 8.70. The van der Waals surface area contributed by atoms with Gasteiger partial charge in [0.1, 0.15) is 0 Å². The lowest BCUT2D eigenvalue weighted by molar-refractivity contribution is 0.249. The topological polar surface area (TPSA) is 70.7 Å². The average Bonchev–Trinajstić information content (AvgIpc) is 2.72. The summed E-state index contributed by atoms with van der Waals surface area (Å²) < 4.78 is 0. The van der Waals surface area contributed by atoms with Gasteiger partial charge in [0.2, 0.25) is 0 Å². The predicted octanol–water partition coefficient (Wildman–Crippen LogP) is 1.24. The molecule has 0 spiro atoms. The average molecular weight is 244 g/mol. The molecule has 1 aromatic carbocycles. The summed E-state index contributed by atoms with van der Waals surface area (Å²) in [7, 11) is 0. The van der Waals surface area contributed by atoms with Gasteiger partial charge in [0.25, 0.3) is 0 Å². The van der Waals surface area contributed by atoms with E-state index in [0.29, 0.717) is 0 Å². The number of fused-ring (bicyclic) bond motifs is 1. The van der Waals surface area contributed by atoms with E-state index in [-0.39, 0.29) is 0 Å². The van der Waals surface area contributed by atoms with Gasteiger partial charge in [-0.3, -0.25) is 0 Å². The van der Waals surface area contributed by atoms with Crippen LogP contribution in [0.3, 0.4) is 0 Å². The lowest BCUT2D eigenvalue weighted by Crippen LogP contribution is -2.24. The Morgan fingerprint density at radius 3 is 3.17 bits per heavy atom. The van der Waals surface area contributed by atoms with Gasteiger partial charge in [-0.2, -0.15) is 5.10 Å². The Morgan fingerprint density at radius 1 is 1.61 bits per heavy atom. The summed E-state index contributed by atoms with van der Waals surface area (Å²) in [6, 6.07) is 5.44. The van der Waals surface area contributed by atoms with E-state index in [1.165, 1.54) is 11.3 Å². The highest BCUT2D eigenvalue weighted by molar-refractivity contribution is 5.83. The van der Waals surface area contributed by atoms with Crippen LogP contribution >= 0.6 is 0 Å². The van der Waals surface area contributed by atoms with Crippen LogP contribution in [-0.2, 0) is 6.42 Å². The van der Waals surface area contributed by atoms with Gasteiger partial charge in [-0.05, 0) is 29.7 Å². The van der Waals surface area contributed by atoms with Crippen LogP contribution in [0.15, 0.2) is 36.0 Å². The molecule has 0 radical (unpaired) electrons. The van der Waals surface area contributed by atoms with Crippen LogP contribution in [0.1, 0.15) is 11.1 Å². The second-order valence-electron chi connectivity index (χ2n) is 4.11. The van der Waals surface area contributed by atoms with E-state index < -0.39 is 6.03 Å². The van der Waals surface area contributed by atoms with Crippen molar-refractivity contribution in [3.8, 4) is 0 Å². The van der Waals surface area contributed by atoms with E-state index in [1.807, 2.05) is 12.1 Å². The molecule has 2 rings (SSSR count). The van der Waals surface area contributed by atoms with Crippen LogP contribution in [0.2, 0.25) is 0 Å². The van der Waals surface area contributed by atoms with Gasteiger partial charge >= 0.3 is 6.03 Å². The molecule has 1 aromatic rings. The molecule has 0 saturated carbocycles. The number of hydrogen-bond donors (Lipinski definition) is 2. The van der Waals surface area contributed by atoms with E-state index in [0.717, 1.165) is 25.1 Å². The predicted molar refractivity (Wildman–Crippen MR) is 72.9 cm³/mol. The number of benzene rings is 1. The van der Waals surface area contributed by atoms with Crippen LogP contribution < -0.4 is 16.1 Å². The number of amides is 2. The zero-order valence-corrected chi connectivity index (χ0v) is 10.1. The number of urea groups is 1. The molecule has 5 nitrogen and oxygen atoms in total. The molecule has 0 aromatic heterocycles. The number of nitrogens with zero attached hydrogens (tertiary/aromatic N) is 2. The van der Waals surface area contributed by atoms with Crippen molar-refractivity contribution in [1.82, 2.24) is 5.43 Å². The van der Waals surface area contributed by atoms with Crippen molar-refractivity contribution >= 4 is 17.9 Å². The van der Waals surface area contributed by atoms with Gasteiger partial charge in [0, 0.05) is 18.8 Å². The van der Waals surface area contributed by atoms with Crippen molar-refractivity contribution in [2.24, 2.45) is 10.8 Å². The number of primary amides is 1. The van der Waals surface area contributed by atoms with Gasteiger partial charge in [-0.25, -0.2) is 10.2 Å². The normalized spacial score (nSPS) is 13.7. The maximum Gasteiger partial charge on any atom is 0.332 e. The zero-order chi connectivity index (χ0) is 13.0. The van der Waals surface area contributed by atoms with Crippen LogP contribution in [0.25, 0.3) is 0 Å². The molecule has 0 bridgehead atoms. The highest BCUT2D eigenvalue weighted by Gasteiger charge is 2.17. The zero-order valence-electron chi connectivity index (χ0n) is 10.1. The van der Waals surface area contributed by atoms with Crippen molar-refractivity contribution in [1.29, 1.82) is 0 Å². The summed E-state index contributed by atoms with van der Waals surface area (Å²) in [4.78, 5) is 12.8. The molecular weight excluding hydrogens is 228 g/mol. The summed E-state index contributed by atoms with van der Waals surface area (Å²) >= 11 is 0. The van der Waals surface area contributed by atoms with E-state index in [9.17, 15) is 4.79 Å². The first kappa shape index (κ1) is 12.2. The van der Waals surface area contributed by atoms with Gasteiger partial charge in [-0.15, -0.1) is 6.58 Å². The fraction of sp³-hybridized carbons (Fsp3) is 0.231. The molecule has 0 atom stereocenters. The number of carbonyl (C=O) groups is 1. The summed E-state index contributed by atoms with van der Waals surface area (Å²) in [5.41, 5.74) is 10.6. The third-order valence-electron chi connectivity index (χ3n) is 2.83. The number of hydrogen-bond acceptors (Lipinski definition) is 3. The van der Waals surface area contributed by atoms with E-state index in [2.05, 4.69) is 34.1 Å². The molecule has 94 valence electrons. The van der Waals surface area contributed by atoms with E-state index in [4.69, 9.17) is 5.73 Å². The number of nitrogens with two attached hydrogens (primary N) is 1. The number of rotatable bonds is 4. The first-order valence-corrected chi connectivity index (χ1v) is 5.78. The molecule has 1 heterocycles. The Labute approximate surface area is 106 Å². The van der Waals surface area contributed by atoms with Gasteiger partial charge in [0.05, 0.1) is 6.21 Å². The van der Waals surface area contributed by atoms with Crippen molar-refractivity contribution < 1.29 is 4.79 Å². The maximum absolute atomic E-state index is 10.5. The second-order valence-corrected chi connectivity index (χ2v) is 4.11. The smallest absolute Gasteiger partial charge is 0.332 e. The molecule has 3 N–H and O–H groups in total. The third-order valence-corrected chi connectivity index (χ3v) is 2.83. The summed E-state index contributed by atoms with van der Waals surface area (Å²) in [6.07, 6.45) is 4.51. The molecule has 2 amide bonds. The molecule has 0 saturated heterocycles. The van der Waals surface area contributed by atoms with Crippen LogP contribution in [0, 0.1) is 0 Å². The largest absolute Gasteiger partial charge is 0.367 e. The SMILES string of the molecule is C=CCN1CCc2cc(C=NNC(N)=O)ccc21. The fourth-order valence-corrected chi connectivity index (χ4v) is 2.09. The molecule has 1 aliphatic rings. The Bertz CT molecular complexity index is 496. The van der Waals surface area contributed by atoms with Gasteiger partial charge in [-0.1, -0.05) is 12.1 Å². The Hall–Kier alpha value is -2.30. The van der Waals surface area contributed by atoms with Crippen molar-refractivity contribution in [2.75, 3.05) is 18.0 Å². The molecule has 18 heavy (non-hydrogen) atoms. The summed E-state index contributed by atoms with van der Waals surface area (Å²) in [5.74, 6) is 0. The van der Waals surface area contributed by atoms with Crippen molar-refractivity contribution in [2.45, 2.75) is 6.42 Å². The fourth-order valence-electron chi connectivity index (χ4n) is 2.09. The van der Waals surface area contributed by atoms with Gasteiger partial charge in [0.15, 0.2) is 0 Å². The third kappa shape index (κ3) is 2.68. The highest BCUT2D eigenvalue weighted by atomic mass is 16.2. The number of carbonyl (C=O) groups excluding carboxylic acids is 1. The highest BCUT2D eigenvalue weighted by Crippen LogP contribution is 2.28. The molecule has 1 aliphatic heterocycles. The van der Waals surface area contributed by atoms with Crippen molar-refractivity contribution in [3.05, 3.63) is 42.0 Å². The summed E-state index contributed by atoms with van der Waals surface area (Å²) in [6.45, 7) is 5.64. The van der Waals surface area contributed by atoms with E-state index >= 15 is 0 Å². The minimum Gasteiger partial charge on any atom is -0.367 e. The standard InChI is InChI=1S/C13H16N4O/c1-2-6-17-7-5-11-8-10(3-4-12(11)17)9-15-16-13(14)18/h2-4,8-9H,1,5-7H2,(H3,14,16,18). The van der Waals surface area contributed by atoms with Gasteiger partial charge < -0.3 is 10.6 Å². The Kier molecular flexibility index (Phi) is 3.62. The first-order valence-electron chi connectivity index (χ1n) is 5.78. The van der Waals surface area contributed by atoms with Crippen LogP contribution in [0.4, 0.5) is 10.5 Å². The van der Waals surface area contributed by atoms with E-state index in [1.54, 1.807) is 6.21 Å². The number of hydrazone groups is 1. The Morgan fingerprint density at radius 2 is 2.44 bits per heavy atom. The van der Waals surface area contributed by atoms with Crippen LogP contribution in [-0.4, -0.2) is 25.3 Å². The molecule has 5 heteroatoms. The second kappa shape index (κ2) is 5.35. The minimum absolute atomic E-state index is 0.662.